The van der Waals surface area contributed by atoms with E-state index in [1.54, 1.807) is 6.07 Å². The number of carboxylic acid groups (broad SMARTS) is 1. The standard InChI is InChI=1S/C11H10BrFO3/c12-8-6(2-1-3-7(8)13)11(4-5-11)9(14)10(15)16/h1-3,9,14H,4-5H2,(H,15,16). The van der Waals surface area contributed by atoms with Gasteiger partial charge >= 0.3 is 5.97 Å². The van der Waals surface area contributed by atoms with Crippen LogP contribution < -0.4 is 0 Å². The van der Waals surface area contributed by atoms with Gasteiger partial charge in [-0.25, -0.2) is 9.18 Å². The number of benzene rings is 1. The molecule has 1 fully saturated rings. The minimum atomic E-state index is -1.48. The molecule has 0 radical (unpaired) electrons. The summed E-state index contributed by atoms with van der Waals surface area (Å²) in [7, 11) is 0. The molecule has 2 rings (SSSR count). The highest BCUT2D eigenvalue weighted by Gasteiger charge is 2.54. The molecule has 1 atom stereocenters. The van der Waals surface area contributed by atoms with Crippen molar-refractivity contribution in [2.75, 3.05) is 0 Å². The molecule has 1 aliphatic rings. The van der Waals surface area contributed by atoms with Gasteiger partial charge in [-0.15, -0.1) is 0 Å². The number of aliphatic carboxylic acids is 1. The van der Waals surface area contributed by atoms with Crippen LogP contribution in [0.25, 0.3) is 0 Å². The molecule has 0 bridgehead atoms. The molecule has 5 heteroatoms. The Bertz CT molecular complexity index is 443. The number of aliphatic hydroxyl groups is 1. The third-order valence-electron chi connectivity index (χ3n) is 3.03. The van der Waals surface area contributed by atoms with E-state index in [1.165, 1.54) is 12.1 Å². The number of carbonyl (C=O) groups is 1. The van der Waals surface area contributed by atoms with Crippen LogP contribution in [0.15, 0.2) is 22.7 Å². The Balaban J connectivity index is 2.45. The average Bonchev–Trinajstić information content (AvgIpc) is 3.02. The lowest BCUT2D eigenvalue weighted by Crippen LogP contribution is -2.34. The fourth-order valence-electron chi connectivity index (χ4n) is 1.95. The van der Waals surface area contributed by atoms with Gasteiger partial charge in [0.05, 0.1) is 4.47 Å². The van der Waals surface area contributed by atoms with E-state index >= 15 is 0 Å². The van der Waals surface area contributed by atoms with Gasteiger partial charge in [-0.3, -0.25) is 0 Å². The first-order valence-electron chi connectivity index (χ1n) is 4.84. The summed E-state index contributed by atoms with van der Waals surface area (Å²) in [6.45, 7) is 0. The van der Waals surface area contributed by atoms with Crippen molar-refractivity contribution < 1.29 is 19.4 Å². The van der Waals surface area contributed by atoms with Crippen LogP contribution in [0.4, 0.5) is 4.39 Å². The minimum absolute atomic E-state index is 0.243. The summed E-state index contributed by atoms with van der Waals surface area (Å²) >= 11 is 3.09. The third-order valence-corrected chi connectivity index (χ3v) is 3.84. The maximum absolute atomic E-state index is 13.3. The Kier molecular flexibility index (Phi) is 2.75. The van der Waals surface area contributed by atoms with E-state index < -0.39 is 23.3 Å². The van der Waals surface area contributed by atoms with Gasteiger partial charge in [0.15, 0.2) is 6.10 Å². The van der Waals surface area contributed by atoms with Crippen LogP contribution in [0.1, 0.15) is 18.4 Å². The van der Waals surface area contributed by atoms with E-state index in [2.05, 4.69) is 15.9 Å². The Morgan fingerprint density at radius 1 is 1.50 bits per heavy atom. The molecule has 1 aromatic rings. The van der Waals surface area contributed by atoms with Crippen LogP contribution in [0.5, 0.6) is 0 Å². The summed E-state index contributed by atoms with van der Waals surface area (Å²) in [6, 6.07) is 4.45. The van der Waals surface area contributed by atoms with E-state index in [0.717, 1.165) is 0 Å². The maximum Gasteiger partial charge on any atom is 0.333 e. The molecule has 0 spiro atoms. The summed E-state index contributed by atoms with van der Waals surface area (Å²) in [5, 5.41) is 18.5. The molecule has 0 heterocycles. The van der Waals surface area contributed by atoms with Crippen molar-refractivity contribution in [2.45, 2.75) is 24.4 Å². The van der Waals surface area contributed by atoms with Crippen molar-refractivity contribution >= 4 is 21.9 Å². The Hall–Kier alpha value is -0.940. The molecule has 0 amide bonds. The second kappa shape index (κ2) is 3.82. The number of carboxylic acids is 1. The van der Waals surface area contributed by atoms with E-state index in [9.17, 15) is 14.3 Å². The van der Waals surface area contributed by atoms with E-state index in [4.69, 9.17) is 5.11 Å². The zero-order valence-corrected chi connectivity index (χ0v) is 9.87. The molecule has 2 N–H and O–H groups in total. The number of hydrogen-bond acceptors (Lipinski definition) is 2. The van der Waals surface area contributed by atoms with Crippen LogP contribution in [0, 0.1) is 5.82 Å². The molecule has 1 unspecified atom stereocenters. The molecule has 0 aliphatic heterocycles. The summed E-state index contributed by atoms with van der Waals surface area (Å²) < 4.78 is 13.6. The monoisotopic (exact) mass is 288 g/mol. The first kappa shape index (κ1) is 11.5. The van der Waals surface area contributed by atoms with Gasteiger partial charge in [0.1, 0.15) is 5.82 Å². The van der Waals surface area contributed by atoms with Gasteiger partial charge in [0, 0.05) is 5.41 Å². The lowest BCUT2D eigenvalue weighted by atomic mass is 9.90. The molecule has 86 valence electrons. The highest BCUT2D eigenvalue weighted by Crippen LogP contribution is 2.53. The second-order valence-corrected chi connectivity index (χ2v) is 4.79. The van der Waals surface area contributed by atoms with Crippen LogP contribution in [0.3, 0.4) is 0 Å². The molecule has 1 aromatic carbocycles. The lowest BCUT2D eigenvalue weighted by Gasteiger charge is -2.20. The van der Waals surface area contributed by atoms with Gasteiger partial charge < -0.3 is 10.2 Å². The van der Waals surface area contributed by atoms with Crippen molar-refractivity contribution in [1.29, 1.82) is 0 Å². The van der Waals surface area contributed by atoms with Crippen LogP contribution >= 0.6 is 15.9 Å². The SMILES string of the molecule is O=C(O)C(O)C1(c2cccc(F)c2Br)CC1. The van der Waals surface area contributed by atoms with Crippen molar-refractivity contribution in [3.05, 3.63) is 34.1 Å². The Morgan fingerprint density at radius 3 is 2.62 bits per heavy atom. The lowest BCUT2D eigenvalue weighted by molar-refractivity contribution is -0.148. The first-order valence-corrected chi connectivity index (χ1v) is 5.64. The predicted octanol–water partition coefficient (Wildman–Crippen LogP) is 2.07. The van der Waals surface area contributed by atoms with Crippen molar-refractivity contribution in [1.82, 2.24) is 0 Å². The van der Waals surface area contributed by atoms with Gasteiger partial charge in [-0.1, -0.05) is 12.1 Å². The number of aliphatic hydroxyl groups excluding tert-OH is 1. The van der Waals surface area contributed by atoms with Crippen molar-refractivity contribution in [3.8, 4) is 0 Å². The average molecular weight is 289 g/mol. The molecule has 0 aromatic heterocycles. The number of rotatable bonds is 3. The zero-order chi connectivity index (χ0) is 11.9. The second-order valence-electron chi connectivity index (χ2n) is 4.00. The normalized spacial score (nSPS) is 19.2. The van der Waals surface area contributed by atoms with Crippen LogP contribution in [0.2, 0.25) is 0 Å². The van der Waals surface area contributed by atoms with E-state index in [-0.39, 0.29) is 4.47 Å². The van der Waals surface area contributed by atoms with E-state index in [0.29, 0.717) is 18.4 Å². The highest BCUT2D eigenvalue weighted by atomic mass is 79.9. The van der Waals surface area contributed by atoms with Gasteiger partial charge in [-0.2, -0.15) is 0 Å². The largest absolute Gasteiger partial charge is 0.479 e. The number of hydrogen-bond donors (Lipinski definition) is 2. The molecule has 1 saturated carbocycles. The quantitative estimate of drug-likeness (QED) is 0.895. The highest BCUT2D eigenvalue weighted by molar-refractivity contribution is 9.10. The maximum atomic E-state index is 13.3. The topological polar surface area (TPSA) is 57.5 Å². The molecule has 16 heavy (non-hydrogen) atoms. The van der Waals surface area contributed by atoms with Crippen molar-refractivity contribution in [2.24, 2.45) is 0 Å². The molecular weight excluding hydrogens is 279 g/mol. The smallest absolute Gasteiger partial charge is 0.333 e. The Morgan fingerprint density at radius 2 is 2.12 bits per heavy atom. The fraction of sp³-hybridized carbons (Fsp3) is 0.364. The molecular formula is C11H10BrFO3. The van der Waals surface area contributed by atoms with Gasteiger partial charge in [-0.05, 0) is 40.4 Å². The van der Waals surface area contributed by atoms with Crippen molar-refractivity contribution in [3.63, 3.8) is 0 Å². The molecule has 1 aliphatic carbocycles. The predicted molar refractivity (Wildman–Crippen MR) is 58.7 cm³/mol. The summed E-state index contributed by atoms with van der Waals surface area (Å²) in [4.78, 5) is 10.8. The Labute approximate surface area is 100 Å². The minimum Gasteiger partial charge on any atom is -0.479 e. The fourth-order valence-corrected chi connectivity index (χ4v) is 2.61. The third kappa shape index (κ3) is 1.64. The molecule has 3 nitrogen and oxygen atoms in total. The van der Waals surface area contributed by atoms with Crippen LogP contribution in [-0.4, -0.2) is 22.3 Å². The zero-order valence-electron chi connectivity index (χ0n) is 8.28. The summed E-state index contributed by atoms with van der Waals surface area (Å²) in [5.41, 5.74) is -0.297. The first-order chi connectivity index (χ1) is 7.49. The summed E-state index contributed by atoms with van der Waals surface area (Å²) in [6.07, 6.45) is -0.365. The number of halogens is 2. The molecule has 0 saturated heterocycles. The van der Waals surface area contributed by atoms with E-state index in [1.807, 2.05) is 0 Å². The summed E-state index contributed by atoms with van der Waals surface area (Å²) in [5.74, 6) is -1.71. The van der Waals surface area contributed by atoms with Gasteiger partial charge in [0.25, 0.3) is 0 Å². The van der Waals surface area contributed by atoms with Crippen LogP contribution in [-0.2, 0) is 10.2 Å². The van der Waals surface area contributed by atoms with Gasteiger partial charge in [0.2, 0.25) is 0 Å².